The van der Waals surface area contributed by atoms with Crippen molar-refractivity contribution in [2.24, 2.45) is 0 Å². The molecular weight excluding hydrogens is 384 g/mol. The van der Waals surface area contributed by atoms with E-state index in [0.29, 0.717) is 35.4 Å². The van der Waals surface area contributed by atoms with Gasteiger partial charge in [-0.05, 0) is 40.5 Å². The van der Waals surface area contributed by atoms with Gasteiger partial charge in [0.1, 0.15) is 16.7 Å². The third-order valence-corrected chi connectivity index (χ3v) is 3.84. The van der Waals surface area contributed by atoms with Crippen LogP contribution in [0.4, 0.5) is 5.82 Å². The van der Waals surface area contributed by atoms with E-state index >= 15 is 0 Å². The largest absolute Gasteiger partial charge is 0.497 e. The first-order chi connectivity index (χ1) is 11.1. The summed E-state index contributed by atoms with van der Waals surface area (Å²) in [5, 5.41) is 6.29. The minimum absolute atomic E-state index is 0.154. The molecule has 0 saturated heterocycles. The van der Waals surface area contributed by atoms with E-state index in [9.17, 15) is 4.79 Å². The van der Waals surface area contributed by atoms with E-state index in [0.717, 1.165) is 10.9 Å². The molecule has 0 saturated carbocycles. The fourth-order valence-electron chi connectivity index (χ4n) is 1.83. The highest BCUT2D eigenvalue weighted by Crippen LogP contribution is 2.22. The van der Waals surface area contributed by atoms with E-state index in [2.05, 4.69) is 36.5 Å². The number of carbonyl (C=O) groups is 1. The molecule has 2 aromatic rings. The molecule has 0 unspecified atom stereocenters. The second-order valence-corrected chi connectivity index (χ2v) is 5.85. The first kappa shape index (κ1) is 17.5. The van der Waals surface area contributed by atoms with Gasteiger partial charge < -0.3 is 15.4 Å². The van der Waals surface area contributed by atoms with Gasteiger partial charge in [-0.25, -0.2) is 4.98 Å². The maximum atomic E-state index is 12.2. The van der Waals surface area contributed by atoms with Crippen LogP contribution in [0.25, 0.3) is 0 Å². The van der Waals surface area contributed by atoms with Crippen molar-refractivity contribution in [2.45, 2.75) is 6.42 Å². The van der Waals surface area contributed by atoms with Crippen molar-refractivity contribution in [3.8, 4) is 5.75 Å². The number of hydrogen-bond donors (Lipinski definition) is 2. The second-order valence-electron chi connectivity index (χ2n) is 4.61. The molecule has 1 aromatic carbocycles. The molecule has 0 aliphatic heterocycles. The summed E-state index contributed by atoms with van der Waals surface area (Å²) in [6, 6.07) is 5.27. The molecule has 122 valence electrons. The molecule has 23 heavy (non-hydrogen) atoms. The number of halogens is 2. The van der Waals surface area contributed by atoms with Crippen LogP contribution in [0, 0.1) is 0 Å². The SMILES string of the molecule is COc1ccc(Br)c(C(=O)NCCCNc2cncc(Cl)n2)c1. The third kappa shape index (κ3) is 5.37. The molecule has 2 N–H and O–H groups in total. The van der Waals surface area contributed by atoms with Gasteiger partial charge in [0.15, 0.2) is 0 Å². The fourth-order valence-corrected chi connectivity index (χ4v) is 2.41. The van der Waals surface area contributed by atoms with Gasteiger partial charge in [-0.3, -0.25) is 9.78 Å². The Morgan fingerprint density at radius 3 is 2.91 bits per heavy atom. The lowest BCUT2D eigenvalue weighted by molar-refractivity contribution is 0.0952. The molecule has 2 rings (SSSR count). The van der Waals surface area contributed by atoms with Crippen molar-refractivity contribution in [3.63, 3.8) is 0 Å². The molecule has 0 aliphatic carbocycles. The fraction of sp³-hybridized carbons (Fsp3) is 0.267. The third-order valence-electron chi connectivity index (χ3n) is 2.97. The van der Waals surface area contributed by atoms with Crippen LogP contribution in [0.2, 0.25) is 5.15 Å². The minimum Gasteiger partial charge on any atom is -0.497 e. The van der Waals surface area contributed by atoms with Gasteiger partial charge in [-0.2, -0.15) is 0 Å². The number of hydrogen-bond acceptors (Lipinski definition) is 5. The summed E-state index contributed by atoms with van der Waals surface area (Å²) < 4.78 is 5.85. The summed E-state index contributed by atoms with van der Waals surface area (Å²) in [6.45, 7) is 1.18. The van der Waals surface area contributed by atoms with Gasteiger partial charge in [0.2, 0.25) is 0 Å². The number of carbonyl (C=O) groups excluding carboxylic acids is 1. The predicted octanol–water partition coefficient (Wildman–Crippen LogP) is 3.13. The van der Waals surface area contributed by atoms with Gasteiger partial charge in [0, 0.05) is 17.6 Å². The van der Waals surface area contributed by atoms with Gasteiger partial charge in [0.05, 0.1) is 25.1 Å². The molecule has 1 aromatic heterocycles. The van der Waals surface area contributed by atoms with Gasteiger partial charge in [-0.15, -0.1) is 0 Å². The molecule has 0 bridgehead atoms. The predicted molar refractivity (Wildman–Crippen MR) is 93.2 cm³/mol. The first-order valence-corrected chi connectivity index (χ1v) is 8.10. The summed E-state index contributed by atoms with van der Waals surface area (Å²) in [4.78, 5) is 20.2. The average Bonchev–Trinajstić information content (AvgIpc) is 2.55. The Labute approximate surface area is 147 Å². The summed E-state index contributed by atoms with van der Waals surface area (Å²) in [5.41, 5.74) is 0.540. The maximum absolute atomic E-state index is 12.2. The lowest BCUT2D eigenvalue weighted by Crippen LogP contribution is -2.26. The highest BCUT2D eigenvalue weighted by molar-refractivity contribution is 9.10. The molecule has 1 amide bonds. The lowest BCUT2D eigenvalue weighted by atomic mass is 10.2. The van der Waals surface area contributed by atoms with Crippen LogP contribution in [0.3, 0.4) is 0 Å². The monoisotopic (exact) mass is 398 g/mol. The summed E-state index contributed by atoms with van der Waals surface area (Å²) >= 11 is 9.11. The number of benzene rings is 1. The van der Waals surface area contributed by atoms with Crippen LogP contribution in [0.15, 0.2) is 35.1 Å². The van der Waals surface area contributed by atoms with Crippen molar-refractivity contribution >= 4 is 39.3 Å². The van der Waals surface area contributed by atoms with Crippen molar-refractivity contribution in [1.82, 2.24) is 15.3 Å². The van der Waals surface area contributed by atoms with E-state index < -0.39 is 0 Å². The summed E-state index contributed by atoms with van der Waals surface area (Å²) in [7, 11) is 1.56. The molecule has 0 radical (unpaired) electrons. The number of amides is 1. The lowest BCUT2D eigenvalue weighted by Gasteiger charge is -2.09. The number of methoxy groups -OCH3 is 1. The summed E-state index contributed by atoms with van der Waals surface area (Å²) in [5.74, 6) is 1.09. The normalized spacial score (nSPS) is 10.2. The zero-order chi connectivity index (χ0) is 16.7. The Bertz CT molecular complexity index is 684. The smallest absolute Gasteiger partial charge is 0.252 e. The van der Waals surface area contributed by atoms with Crippen LogP contribution in [0.1, 0.15) is 16.8 Å². The minimum atomic E-state index is -0.154. The zero-order valence-electron chi connectivity index (χ0n) is 12.5. The number of anilines is 1. The Kier molecular flexibility index (Phi) is 6.61. The second kappa shape index (κ2) is 8.69. The molecule has 8 heteroatoms. The van der Waals surface area contributed by atoms with E-state index in [1.807, 2.05) is 0 Å². The van der Waals surface area contributed by atoms with Gasteiger partial charge in [0.25, 0.3) is 5.91 Å². The number of nitrogens with one attached hydrogen (secondary N) is 2. The zero-order valence-corrected chi connectivity index (χ0v) is 14.8. The summed E-state index contributed by atoms with van der Waals surface area (Å²) in [6.07, 6.45) is 3.80. The number of rotatable bonds is 7. The number of aromatic nitrogens is 2. The van der Waals surface area contributed by atoms with Crippen molar-refractivity contribution in [2.75, 3.05) is 25.5 Å². The van der Waals surface area contributed by atoms with Gasteiger partial charge >= 0.3 is 0 Å². The van der Waals surface area contributed by atoms with Crippen LogP contribution in [0.5, 0.6) is 5.75 Å². The van der Waals surface area contributed by atoms with E-state index in [-0.39, 0.29) is 5.91 Å². The maximum Gasteiger partial charge on any atom is 0.252 e. The number of nitrogens with zero attached hydrogens (tertiary/aromatic N) is 2. The van der Waals surface area contributed by atoms with Crippen LogP contribution < -0.4 is 15.4 Å². The Hall–Kier alpha value is -1.86. The van der Waals surface area contributed by atoms with Crippen LogP contribution in [-0.2, 0) is 0 Å². The topological polar surface area (TPSA) is 76.1 Å². The molecule has 0 atom stereocenters. The highest BCUT2D eigenvalue weighted by atomic mass is 79.9. The Balaban J connectivity index is 1.77. The number of ether oxygens (including phenoxy) is 1. The van der Waals surface area contributed by atoms with Crippen molar-refractivity contribution < 1.29 is 9.53 Å². The molecule has 0 fully saturated rings. The van der Waals surface area contributed by atoms with Crippen LogP contribution in [-0.4, -0.2) is 36.1 Å². The van der Waals surface area contributed by atoms with E-state index in [1.165, 1.54) is 6.20 Å². The quantitative estimate of drug-likeness (QED) is 0.700. The molecule has 0 spiro atoms. The van der Waals surface area contributed by atoms with Gasteiger partial charge in [-0.1, -0.05) is 11.6 Å². The first-order valence-electron chi connectivity index (χ1n) is 6.93. The van der Waals surface area contributed by atoms with E-state index in [4.69, 9.17) is 16.3 Å². The molecule has 1 heterocycles. The van der Waals surface area contributed by atoms with Crippen LogP contribution >= 0.6 is 27.5 Å². The van der Waals surface area contributed by atoms with E-state index in [1.54, 1.807) is 31.5 Å². The molecule has 6 nitrogen and oxygen atoms in total. The van der Waals surface area contributed by atoms with Crippen molar-refractivity contribution in [1.29, 1.82) is 0 Å². The average molecular weight is 400 g/mol. The highest BCUT2D eigenvalue weighted by Gasteiger charge is 2.10. The van der Waals surface area contributed by atoms with Crippen molar-refractivity contribution in [3.05, 3.63) is 45.8 Å². The Morgan fingerprint density at radius 1 is 1.35 bits per heavy atom. The molecular formula is C15H16BrClN4O2. The Morgan fingerprint density at radius 2 is 2.17 bits per heavy atom. The molecule has 0 aliphatic rings. The standard InChI is InChI=1S/C15H16BrClN4O2/c1-23-10-3-4-12(16)11(7-10)15(22)20-6-2-5-19-14-9-18-8-13(17)21-14/h3-4,7-9H,2,5-6H2,1H3,(H,19,21)(H,20,22).